The lowest BCUT2D eigenvalue weighted by Crippen LogP contribution is -2.21. The average Bonchev–Trinajstić information content (AvgIpc) is 2.56. The van der Waals surface area contributed by atoms with Gasteiger partial charge in [-0.2, -0.15) is 5.10 Å². The molecule has 22 heavy (non-hydrogen) atoms. The van der Waals surface area contributed by atoms with E-state index in [2.05, 4.69) is 15.5 Å². The molecule has 2 rings (SSSR count). The molecule has 0 radical (unpaired) electrons. The van der Waals surface area contributed by atoms with Gasteiger partial charge in [-0.1, -0.05) is 36.4 Å². The number of nitrogens with one attached hydrogen (secondary N) is 1. The summed E-state index contributed by atoms with van der Waals surface area (Å²) >= 11 is 0. The van der Waals surface area contributed by atoms with Crippen molar-refractivity contribution in [2.45, 2.75) is 6.92 Å². The third-order valence-corrected chi connectivity index (χ3v) is 3.08. The van der Waals surface area contributed by atoms with Gasteiger partial charge in [0.15, 0.2) is 0 Å². The van der Waals surface area contributed by atoms with Crippen molar-refractivity contribution in [3.05, 3.63) is 77.9 Å². The zero-order chi connectivity index (χ0) is 15.8. The van der Waals surface area contributed by atoms with Crippen LogP contribution in [-0.2, 0) is 0 Å². The lowest BCUT2D eigenvalue weighted by molar-refractivity contribution is 1.02. The Bertz CT molecular complexity index is 683. The number of amidine groups is 1. The van der Waals surface area contributed by atoms with Gasteiger partial charge in [-0.05, 0) is 37.3 Å². The summed E-state index contributed by atoms with van der Waals surface area (Å²) in [5.74, 6) is 0.693. The topological polar surface area (TPSA) is 62.8 Å². The van der Waals surface area contributed by atoms with Gasteiger partial charge in [-0.25, -0.2) is 0 Å². The highest BCUT2D eigenvalue weighted by atomic mass is 15.3. The summed E-state index contributed by atoms with van der Waals surface area (Å²) in [6, 6.07) is 17.5. The number of hydrogen-bond donors (Lipinski definition) is 2. The van der Waals surface area contributed by atoms with Crippen molar-refractivity contribution >= 4 is 17.2 Å². The second kappa shape index (κ2) is 7.78. The number of nitrogens with zero attached hydrogens (tertiary/aromatic N) is 2. The maximum absolute atomic E-state index is 5.71. The number of anilines is 1. The Morgan fingerprint density at radius 1 is 1.00 bits per heavy atom. The Balaban J connectivity index is 2.24. The second-order valence-corrected chi connectivity index (χ2v) is 4.67. The molecule has 112 valence electrons. The fraction of sp³-hybridized carbons (Fsp3) is 0.111. The summed E-state index contributed by atoms with van der Waals surface area (Å²) in [6.45, 7) is 1.97. The molecule has 0 atom stereocenters. The van der Waals surface area contributed by atoms with E-state index in [0.717, 1.165) is 22.5 Å². The molecule has 0 unspecified atom stereocenters. The Kier molecular flexibility index (Phi) is 5.49. The second-order valence-electron chi connectivity index (χ2n) is 4.67. The molecule has 2 aromatic rings. The summed E-state index contributed by atoms with van der Waals surface area (Å²) in [7, 11) is 1.73. The van der Waals surface area contributed by atoms with E-state index in [-0.39, 0.29) is 0 Å². The molecular formula is C18H20N4. The van der Waals surface area contributed by atoms with Crippen LogP contribution in [0.15, 0.2) is 76.8 Å². The quantitative estimate of drug-likeness (QED) is 0.393. The number of nitrogens with two attached hydrogens (primary N) is 1. The fourth-order valence-corrected chi connectivity index (χ4v) is 1.96. The predicted octanol–water partition coefficient (Wildman–Crippen LogP) is 3.22. The van der Waals surface area contributed by atoms with E-state index >= 15 is 0 Å². The highest BCUT2D eigenvalue weighted by molar-refractivity contribution is 6.09. The largest absolute Gasteiger partial charge is 0.399 e. The number of aliphatic imine (C=N–C) groups is 1. The molecule has 0 aromatic heterocycles. The van der Waals surface area contributed by atoms with Gasteiger partial charge in [0.05, 0.1) is 5.71 Å². The van der Waals surface area contributed by atoms with Crippen LogP contribution >= 0.6 is 0 Å². The average molecular weight is 292 g/mol. The first-order valence-corrected chi connectivity index (χ1v) is 7.09. The molecule has 0 aliphatic carbocycles. The maximum atomic E-state index is 5.71. The minimum absolute atomic E-state index is 0.693. The smallest absolute Gasteiger partial charge is 0.148 e. The van der Waals surface area contributed by atoms with Crippen LogP contribution < -0.4 is 11.2 Å². The molecule has 0 bridgehead atoms. The van der Waals surface area contributed by atoms with Crippen molar-refractivity contribution in [1.82, 2.24) is 5.43 Å². The van der Waals surface area contributed by atoms with Gasteiger partial charge in [0.2, 0.25) is 0 Å². The lowest BCUT2D eigenvalue weighted by Gasteiger charge is -2.07. The van der Waals surface area contributed by atoms with Crippen molar-refractivity contribution in [3.8, 4) is 0 Å². The van der Waals surface area contributed by atoms with Crippen LogP contribution in [0, 0.1) is 0 Å². The molecule has 0 spiro atoms. The maximum Gasteiger partial charge on any atom is 0.148 e. The number of hydrazone groups is 1. The molecule has 0 saturated heterocycles. The van der Waals surface area contributed by atoms with Crippen molar-refractivity contribution < 1.29 is 0 Å². The first-order valence-electron chi connectivity index (χ1n) is 7.09. The van der Waals surface area contributed by atoms with Crippen LogP contribution in [0.2, 0.25) is 0 Å². The number of nitrogen functional groups attached to an aromatic ring is 1. The van der Waals surface area contributed by atoms with Crippen molar-refractivity contribution in [1.29, 1.82) is 0 Å². The lowest BCUT2D eigenvalue weighted by atomic mass is 10.1. The van der Waals surface area contributed by atoms with Crippen LogP contribution in [0.25, 0.3) is 0 Å². The molecule has 4 heteroatoms. The van der Waals surface area contributed by atoms with E-state index in [4.69, 9.17) is 5.73 Å². The monoisotopic (exact) mass is 292 g/mol. The molecule has 0 saturated carbocycles. The van der Waals surface area contributed by atoms with E-state index in [9.17, 15) is 0 Å². The number of rotatable bonds is 4. The molecule has 0 amide bonds. The Morgan fingerprint density at radius 3 is 2.27 bits per heavy atom. The highest BCUT2D eigenvalue weighted by Crippen LogP contribution is 2.07. The van der Waals surface area contributed by atoms with Gasteiger partial charge in [-0.3, -0.25) is 10.4 Å². The first-order chi connectivity index (χ1) is 10.7. The molecule has 3 N–H and O–H groups in total. The third-order valence-electron chi connectivity index (χ3n) is 3.08. The zero-order valence-corrected chi connectivity index (χ0v) is 12.8. The SMILES string of the molecule is C/C=C/C(=N/NC(=NC)c1ccc(N)cc1)c1ccccc1. The molecule has 0 heterocycles. The minimum atomic E-state index is 0.693. The van der Waals surface area contributed by atoms with Gasteiger partial charge in [0.1, 0.15) is 5.84 Å². The molecule has 0 aliphatic rings. The Labute approximate surface area is 131 Å². The van der Waals surface area contributed by atoms with E-state index < -0.39 is 0 Å². The van der Waals surface area contributed by atoms with Gasteiger partial charge in [0, 0.05) is 23.9 Å². The molecular weight excluding hydrogens is 272 g/mol. The van der Waals surface area contributed by atoms with E-state index in [1.807, 2.05) is 73.7 Å². The van der Waals surface area contributed by atoms with Crippen molar-refractivity contribution in [2.24, 2.45) is 10.1 Å². The normalized spacial score (nSPS) is 12.6. The van der Waals surface area contributed by atoms with Crippen LogP contribution in [0.3, 0.4) is 0 Å². The molecule has 0 aliphatic heterocycles. The van der Waals surface area contributed by atoms with Gasteiger partial charge >= 0.3 is 0 Å². The summed E-state index contributed by atoms with van der Waals surface area (Å²) in [6.07, 6.45) is 3.91. The Hall–Kier alpha value is -2.88. The van der Waals surface area contributed by atoms with Gasteiger partial charge in [-0.15, -0.1) is 0 Å². The van der Waals surface area contributed by atoms with Gasteiger partial charge in [0.25, 0.3) is 0 Å². The minimum Gasteiger partial charge on any atom is -0.399 e. The van der Waals surface area contributed by atoms with Crippen molar-refractivity contribution in [2.75, 3.05) is 12.8 Å². The highest BCUT2D eigenvalue weighted by Gasteiger charge is 2.03. The van der Waals surface area contributed by atoms with Crippen molar-refractivity contribution in [3.63, 3.8) is 0 Å². The summed E-state index contributed by atoms with van der Waals surface area (Å²) in [5, 5.41) is 4.47. The summed E-state index contributed by atoms with van der Waals surface area (Å²) < 4.78 is 0. The fourth-order valence-electron chi connectivity index (χ4n) is 1.96. The predicted molar refractivity (Wildman–Crippen MR) is 94.2 cm³/mol. The van der Waals surface area contributed by atoms with E-state index in [1.165, 1.54) is 0 Å². The van der Waals surface area contributed by atoms with Crippen LogP contribution in [-0.4, -0.2) is 18.6 Å². The third kappa shape index (κ3) is 4.06. The first kappa shape index (κ1) is 15.5. The number of benzene rings is 2. The van der Waals surface area contributed by atoms with Crippen LogP contribution in [0.5, 0.6) is 0 Å². The molecule has 2 aromatic carbocycles. The van der Waals surface area contributed by atoms with Crippen LogP contribution in [0.4, 0.5) is 5.69 Å². The standard InChI is InChI=1S/C18H20N4/c1-3-7-17(14-8-5-4-6-9-14)21-22-18(20-2)15-10-12-16(19)13-11-15/h3-13H,19H2,1-2H3,(H,20,22)/b7-3+,21-17-. The van der Waals surface area contributed by atoms with E-state index in [1.54, 1.807) is 7.05 Å². The van der Waals surface area contributed by atoms with E-state index in [0.29, 0.717) is 5.84 Å². The zero-order valence-electron chi connectivity index (χ0n) is 12.8. The number of allylic oxidation sites excluding steroid dienone is 2. The molecule has 0 fully saturated rings. The Morgan fingerprint density at radius 2 is 1.68 bits per heavy atom. The molecule has 4 nitrogen and oxygen atoms in total. The summed E-state index contributed by atoms with van der Waals surface area (Å²) in [5.41, 5.74) is 12.3. The van der Waals surface area contributed by atoms with Gasteiger partial charge < -0.3 is 5.73 Å². The summed E-state index contributed by atoms with van der Waals surface area (Å²) in [4.78, 5) is 4.25. The van der Waals surface area contributed by atoms with Crippen LogP contribution in [0.1, 0.15) is 18.1 Å². The number of hydrogen-bond acceptors (Lipinski definition) is 3.